The molecule has 0 aromatic carbocycles. The molecule has 0 amide bonds. The molecule has 0 aliphatic rings. The highest BCUT2D eigenvalue weighted by Crippen LogP contribution is 2.29. The highest BCUT2D eigenvalue weighted by molar-refractivity contribution is 5.91. The van der Waals surface area contributed by atoms with Crippen LogP contribution >= 0.6 is 0 Å². The fraction of sp³-hybridized carbons (Fsp3) is 0.583. The van der Waals surface area contributed by atoms with Crippen molar-refractivity contribution in [2.45, 2.75) is 39.7 Å². The second kappa shape index (κ2) is 4.70. The summed E-state index contributed by atoms with van der Waals surface area (Å²) in [6.45, 7) is 9.12. The lowest BCUT2D eigenvalue weighted by molar-refractivity contribution is 0.0692. The molecule has 0 saturated heterocycles. The van der Waals surface area contributed by atoms with E-state index in [0.717, 1.165) is 12.1 Å². The molecule has 2 N–H and O–H groups in total. The van der Waals surface area contributed by atoms with Gasteiger partial charge in [-0.3, -0.25) is 0 Å². The summed E-state index contributed by atoms with van der Waals surface area (Å²) in [5.74, 6) is -0.425. The Bertz CT molecular complexity index is 374. The number of hydrogen-bond acceptors (Lipinski definition) is 3. The van der Waals surface area contributed by atoms with Crippen LogP contribution in [0, 0.1) is 0 Å². The molecule has 0 atom stereocenters. The maximum atomic E-state index is 11.2. The summed E-state index contributed by atoms with van der Waals surface area (Å²) in [5, 5.41) is 12.3. The second-order valence-electron chi connectivity index (χ2n) is 4.78. The topological polar surface area (TPSA) is 62.5 Å². The molecule has 0 bridgehead atoms. The van der Waals surface area contributed by atoms with Gasteiger partial charge in [-0.25, -0.2) is 4.79 Å². The zero-order valence-corrected chi connectivity index (χ0v) is 10.3. The summed E-state index contributed by atoms with van der Waals surface area (Å²) in [6, 6.07) is 0. The van der Waals surface area contributed by atoms with Gasteiger partial charge in [0, 0.05) is 5.56 Å². The second-order valence-corrected chi connectivity index (χ2v) is 4.78. The Morgan fingerprint density at radius 2 is 2.12 bits per heavy atom. The lowest BCUT2D eigenvalue weighted by Crippen LogP contribution is -2.18. The number of carboxylic acids is 1. The van der Waals surface area contributed by atoms with Crippen LogP contribution in [0.5, 0.6) is 0 Å². The van der Waals surface area contributed by atoms with Gasteiger partial charge in [-0.05, 0) is 12.0 Å². The van der Waals surface area contributed by atoms with Gasteiger partial charge in [0.25, 0.3) is 0 Å². The van der Waals surface area contributed by atoms with Crippen LogP contribution in [-0.2, 0) is 12.0 Å². The fourth-order valence-electron chi connectivity index (χ4n) is 1.55. The molecule has 0 radical (unpaired) electrons. The predicted molar refractivity (Wildman–Crippen MR) is 61.7 cm³/mol. The highest BCUT2D eigenvalue weighted by atomic mass is 16.4. The molecule has 1 heterocycles. The molecule has 0 spiro atoms. The molecular formula is C12H19NO3. The standard InChI is InChI=1S/C12H19NO3/c1-5-13-6-9-10(11(14)15)8(7-16-9)12(2,3)4/h7,13H,5-6H2,1-4H3,(H,14,15). The van der Waals surface area contributed by atoms with Crippen LogP contribution in [-0.4, -0.2) is 17.6 Å². The summed E-state index contributed by atoms with van der Waals surface area (Å²) in [7, 11) is 0. The third-order valence-corrected chi connectivity index (χ3v) is 2.42. The number of carbonyl (C=O) groups is 1. The van der Waals surface area contributed by atoms with Gasteiger partial charge < -0.3 is 14.8 Å². The zero-order valence-electron chi connectivity index (χ0n) is 10.3. The Kier molecular flexibility index (Phi) is 3.75. The van der Waals surface area contributed by atoms with E-state index in [1.807, 2.05) is 27.7 Å². The molecular weight excluding hydrogens is 206 g/mol. The van der Waals surface area contributed by atoms with Crippen LogP contribution in [0.2, 0.25) is 0 Å². The molecule has 0 aliphatic carbocycles. The Morgan fingerprint density at radius 1 is 1.50 bits per heavy atom. The van der Waals surface area contributed by atoms with Crippen molar-refractivity contribution in [3.05, 3.63) is 23.2 Å². The van der Waals surface area contributed by atoms with Crippen LogP contribution in [0.15, 0.2) is 10.7 Å². The fourth-order valence-corrected chi connectivity index (χ4v) is 1.55. The van der Waals surface area contributed by atoms with E-state index in [1.165, 1.54) is 0 Å². The number of hydrogen-bond donors (Lipinski definition) is 2. The van der Waals surface area contributed by atoms with Crippen molar-refractivity contribution in [3.8, 4) is 0 Å². The molecule has 4 heteroatoms. The lowest BCUT2D eigenvalue weighted by Gasteiger charge is -2.17. The molecule has 4 nitrogen and oxygen atoms in total. The summed E-state index contributed by atoms with van der Waals surface area (Å²) < 4.78 is 5.34. The van der Waals surface area contributed by atoms with Crippen LogP contribution in [0.4, 0.5) is 0 Å². The zero-order chi connectivity index (χ0) is 12.3. The molecule has 0 saturated carbocycles. The van der Waals surface area contributed by atoms with Gasteiger partial charge in [0.15, 0.2) is 0 Å². The van der Waals surface area contributed by atoms with Crippen molar-refractivity contribution < 1.29 is 14.3 Å². The first kappa shape index (κ1) is 12.8. The number of aromatic carboxylic acids is 1. The van der Waals surface area contributed by atoms with Gasteiger partial charge >= 0.3 is 5.97 Å². The van der Waals surface area contributed by atoms with Gasteiger partial charge in [-0.2, -0.15) is 0 Å². The maximum absolute atomic E-state index is 11.2. The Balaban J connectivity index is 3.12. The van der Waals surface area contributed by atoms with Crippen molar-refractivity contribution >= 4 is 5.97 Å². The van der Waals surface area contributed by atoms with Crippen LogP contribution in [0.3, 0.4) is 0 Å². The monoisotopic (exact) mass is 225 g/mol. The third-order valence-electron chi connectivity index (χ3n) is 2.42. The largest absolute Gasteiger partial charge is 0.478 e. The van der Waals surface area contributed by atoms with Crippen LogP contribution in [0.25, 0.3) is 0 Å². The van der Waals surface area contributed by atoms with E-state index in [1.54, 1.807) is 6.26 Å². The van der Waals surface area contributed by atoms with E-state index in [2.05, 4.69) is 5.32 Å². The van der Waals surface area contributed by atoms with Gasteiger partial charge in [0.1, 0.15) is 11.3 Å². The third kappa shape index (κ3) is 2.64. The van der Waals surface area contributed by atoms with Crippen molar-refractivity contribution in [3.63, 3.8) is 0 Å². The highest BCUT2D eigenvalue weighted by Gasteiger charge is 2.27. The molecule has 0 unspecified atom stereocenters. The van der Waals surface area contributed by atoms with Crippen LogP contribution in [0.1, 0.15) is 49.4 Å². The van der Waals surface area contributed by atoms with E-state index in [0.29, 0.717) is 17.9 Å². The SMILES string of the molecule is CCNCc1occ(C(C)(C)C)c1C(=O)O. The number of rotatable bonds is 4. The molecule has 90 valence electrons. The van der Waals surface area contributed by atoms with Gasteiger partial charge in [0.2, 0.25) is 0 Å². The minimum Gasteiger partial charge on any atom is -0.478 e. The molecule has 0 aliphatic heterocycles. The Hall–Kier alpha value is -1.29. The number of carboxylic acid groups (broad SMARTS) is 1. The van der Waals surface area contributed by atoms with Crippen LogP contribution < -0.4 is 5.32 Å². The smallest absolute Gasteiger partial charge is 0.339 e. The van der Waals surface area contributed by atoms with E-state index in [9.17, 15) is 9.90 Å². The Labute approximate surface area is 95.7 Å². The van der Waals surface area contributed by atoms with E-state index < -0.39 is 5.97 Å². The van der Waals surface area contributed by atoms with E-state index in [4.69, 9.17) is 4.42 Å². The molecule has 1 aromatic heterocycles. The summed E-state index contributed by atoms with van der Waals surface area (Å²) >= 11 is 0. The average molecular weight is 225 g/mol. The lowest BCUT2D eigenvalue weighted by atomic mass is 9.85. The summed E-state index contributed by atoms with van der Waals surface area (Å²) in [4.78, 5) is 11.2. The predicted octanol–water partition coefficient (Wildman–Crippen LogP) is 2.38. The van der Waals surface area contributed by atoms with Crippen molar-refractivity contribution in [1.82, 2.24) is 5.32 Å². The van der Waals surface area contributed by atoms with E-state index >= 15 is 0 Å². The molecule has 0 fully saturated rings. The van der Waals surface area contributed by atoms with Crippen molar-refractivity contribution in [2.24, 2.45) is 0 Å². The summed E-state index contributed by atoms with van der Waals surface area (Å²) in [6.07, 6.45) is 1.55. The number of furan rings is 1. The summed E-state index contributed by atoms with van der Waals surface area (Å²) in [5.41, 5.74) is 0.822. The van der Waals surface area contributed by atoms with Gasteiger partial charge in [0.05, 0.1) is 12.8 Å². The van der Waals surface area contributed by atoms with Crippen molar-refractivity contribution in [1.29, 1.82) is 0 Å². The normalized spacial score (nSPS) is 11.8. The van der Waals surface area contributed by atoms with Gasteiger partial charge in [-0.1, -0.05) is 27.7 Å². The van der Waals surface area contributed by atoms with Gasteiger partial charge in [-0.15, -0.1) is 0 Å². The first-order chi connectivity index (χ1) is 7.38. The molecule has 16 heavy (non-hydrogen) atoms. The first-order valence-corrected chi connectivity index (χ1v) is 5.42. The molecule has 1 aromatic rings. The maximum Gasteiger partial charge on any atom is 0.339 e. The first-order valence-electron chi connectivity index (χ1n) is 5.42. The van der Waals surface area contributed by atoms with Crippen molar-refractivity contribution in [2.75, 3.05) is 6.54 Å². The minimum absolute atomic E-state index is 0.221. The Morgan fingerprint density at radius 3 is 2.56 bits per heavy atom. The molecule has 1 rings (SSSR count). The average Bonchev–Trinajstić information content (AvgIpc) is 2.57. The quantitative estimate of drug-likeness (QED) is 0.825. The minimum atomic E-state index is -0.924. The van der Waals surface area contributed by atoms with E-state index in [-0.39, 0.29) is 5.41 Å². The number of nitrogens with one attached hydrogen (secondary N) is 1.